The number of alkyl halides is 3. The molecule has 0 N–H and O–H groups in total. The molecule has 2 heterocycles. The van der Waals surface area contributed by atoms with Gasteiger partial charge in [0, 0.05) is 25.0 Å². The third-order valence-corrected chi connectivity index (χ3v) is 6.68. The second-order valence-corrected chi connectivity index (χ2v) is 8.81. The first-order chi connectivity index (χ1) is 15.1. The molecule has 2 unspecified atom stereocenters. The quantitative estimate of drug-likeness (QED) is 0.681. The predicted molar refractivity (Wildman–Crippen MR) is 115 cm³/mol. The molecule has 1 aromatic heterocycles. The van der Waals surface area contributed by atoms with Crippen LogP contribution in [-0.4, -0.2) is 30.5 Å². The monoisotopic (exact) mass is 442 g/mol. The number of halogens is 3. The molecular weight excluding hydrogens is 417 g/mol. The van der Waals surface area contributed by atoms with Gasteiger partial charge in [-0.1, -0.05) is 18.6 Å². The van der Waals surface area contributed by atoms with Crippen LogP contribution in [0.25, 0.3) is 0 Å². The molecule has 1 aliphatic heterocycles. The number of fused-ring (bicyclic) bond motifs is 1. The number of hydrogen-bond acceptors (Lipinski definition) is 4. The van der Waals surface area contributed by atoms with Gasteiger partial charge in [-0.2, -0.15) is 18.4 Å². The van der Waals surface area contributed by atoms with E-state index in [0.29, 0.717) is 6.54 Å². The highest BCUT2D eigenvalue weighted by atomic mass is 19.4. The molecule has 2 fully saturated rings. The van der Waals surface area contributed by atoms with Crippen molar-refractivity contribution in [3.8, 4) is 6.07 Å². The van der Waals surface area contributed by atoms with Crippen molar-refractivity contribution in [2.45, 2.75) is 45.3 Å². The van der Waals surface area contributed by atoms with E-state index in [-0.39, 0.29) is 29.3 Å². The van der Waals surface area contributed by atoms with E-state index in [1.165, 1.54) is 6.92 Å². The second kappa shape index (κ2) is 8.12. The molecule has 8 heteroatoms. The molecule has 1 saturated heterocycles. The van der Waals surface area contributed by atoms with Crippen molar-refractivity contribution in [1.29, 1.82) is 5.26 Å². The zero-order valence-electron chi connectivity index (χ0n) is 18.3. The van der Waals surface area contributed by atoms with E-state index in [1.54, 1.807) is 22.9 Å². The minimum Gasteiger partial charge on any atom is -0.343 e. The van der Waals surface area contributed by atoms with Crippen LogP contribution >= 0.6 is 0 Å². The second-order valence-electron chi connectivity index (χ2n) is 8.81. The molecule has 1 aliphatic carbocycles. The van der Waals surface area contributed by atoms with Gasteiger partial charge >= 0.3 is 6.18 Å². The predicted octanol–water partition coefficient (Wildman–Crippen LogP) is 4.86. The van der Waals surface area contributed by atoms with Crippen molar-refractivity contribution in [2.24, 2.45) is 11.8 Å². The first-order valence-corrected chi connectivity index (χ1v) is 10.7. The van der Waals surface area contributed by atoms with Gasteiger partial charge in [0.1, 0.15) is 23.5 Å². The Morgan fingerprint density at radius 2 is 2.00 bits per heavy atom. The number of aryl methyl sites for hydroxylation is 2. The molecule has 1 saturated carbocycles. The van der Waals surface area contributed by atoms with Crippen LogP contribution in [0, 0.1) is 37.0 Å². The summed E-state index contributed by atoms with van der Waals surface area (Å²) in [6.07, 6.45) is -1.94. The maximum absolute atomic E-state index is 13.7. The number of carbonyl (C=O) groups is 1. The summed E-state index contributed by atoms with van der Waals surface area (Å²) in [5.41, 5.74) is 0.384. The molecule has 0 radical (unpaired) electrons. The Balaban J connectivity index is 1.80. The number of nitrogens with zero attached hydrogens (tertiary/aromatic N) is 4. The van der Waals surface area contributed by atoms with Gasteiger partial charge in [0.25, 0.3) is 0 Å². The highest BCUT2D eigenvalue weighted by Gasteiger charge is 2.50. The Kier molecular flexibility index (Phi) is 5.61. The number of amides is 1. The van der Waals surface area contributed by atoms with E-state index in [1.807, 2.05) is 31.2 Å². The first-order valence-electron chi connectivity index (χ1n) is 10.7. The van der Waals surface area contributed by atoms with Crippen molar-refractivity contribution in [3.63, 3.8) is 0 Å². The van der Waals surface area contributed by atoms with Crippen LogP contribution in [0.1, 0.15) is 41.6 Å². The van der Waals surface area contributed by atoms with E-state index < -0.39 is 23.3 Å². The molecule has 32 heavy (non-hydrogen) atoms. The van der Waals surface area contributed by atoms with E-state index in [9.17, 15) is 23.2 Å². The normalized spacial score (nSPS) is 22.5. The van der Waals surface area contributed by atoms with Crippen LogP contribution in [0.2, 0.25) is 0 Å². The van der Waals surface area contributed by atoms with E-state index >= 15 is 0 Å². The molecule has 4 rings (SSSR count). The number of benzene rings is 1. The van der Waals surface area contributed by atoms with Crippen molar-refractivity contribution in [1.82, 2.24) is 4.98 Å². The smallest absolute Gasteiger partial charge is 0.343 e. The van der Waals surface area contributed by atoms with Crippen molar-refractivity contribution in [3.05, 3.63) is 52.7 Å². The number of pyridine rings is 1. The Hall–Kier alpha value is -3.08. The van der Waals surface area contributed by atoms with Gasteiger partial charge in [0.05, 0.1) is 5.56 Å². The minimum atomic E-state index is -4.68. The Labute approximate surface area is 185 Å². The fourth-order valence-electron chi connectivity index (χ4n) is 5.20. The summed E-state index contributed by atoms with van der Waals surface area (Å²) < 4.78 is 41.1. The fourth-order valence-corrected chi connectivity index (χ4v) is 5.20. The number of anilines is 2. The third kappa shape index (κ3) is 3.81. The summed E-state index contributed by atoms with van der Waals surface area (Å²) in [7, 11) is 1.69. The van der Waals surface area contributed by atoms with Gasteiger partial charge < -0.3 is 9.80 Å². The largest absolute Gasteiger partial charge is 0.417 e. The molecule has 1 amide bonds. The third-order valence-electron chi connectivity index (χ3n) is 6.68. The first kappa shape index (κ1) is 22.1. The highest BCUT2D eigenvalue weighted by Crippen LogP contribution is 2.46. The summed E-state index contributed by atoms with van der Waals surface area (Å²) in [4.78, 5) is 21.3. The maximum atomic E-state index is 13.7. The lowest BCUT2D eigenvalue weighted by atomic mass is 9.93. The Morgan fingerprint density at radius 3 is 2.66 bits per heavy atom. The van der Waals surface area contributed by atoms with Crippen LogP contribution in [0.15, 0.2) is 30.3 Å². The number of nitriles is 1. The number of aromatic nitrogens is 1. The Morgan fingerprint density at radius 1 is 1.25 bits per heavy atom. The summed E-state index contributed by atoms with van der Waals surface area (Å²) in [6.45, 7) is 3.84. The molecule has 2 aromatic rings. The summed E-state index contributed by atoms with van der Waals surface area (Å²) in [5, 5.41) is 9.65. The average molecular weight is 442 g/mol. The molecule has 3 atom stereocenters. The fraction of sp³-hybridized carbons (Fsp3) is 0.458. The summed E-state index contributed by atoms with van der Waals surface area (Å²) >= 11 is 0. The lowest BCUT2D eigenvalue weighted by Gasteiger charge is -2.32. The van der Waals surface area contributed by atoms with Crippen molar-refractivity contribution in [2.75, 3.05) is 23.4 Å². The van der Waals surface area contributed by atoms with Gasteiger partial charge in [0.2, 0.25) is 5.91 Å². The number of carbonyl (C=O) groups excluding carboxylic acids is 1. The number of hydrogen-bond donors (Lipinski definition) is 0. The lowest BCUT2D eigenvalue weighted by Crippen LogP contribution is -2.48. The van der Waals surface area contributed by atoms with Crippen LogP contribution in [0.5, 0.6) is 0 Å². The van der Waals surface area contributed by atoms with Gasteiger partial charge in [-0.3, -0.25) is 4.79 Å². The van der Waals surface area contributed by atoms with E-state index in [2.05, 4.69) is 4.98 Å². The zero-order valence-corrected chi connectivity index (χ0v) is 18.3. The van der Waals surface area contributed by atoms with Crippen LogP contribution in [0.4, 0.5) is 24.7 Å². The number of rotatable bonds is 3. The standard InChI is InChI=1S/C24H25F3N4O/c1-14-6-4-8-17(10-14)30(3)23(32)21-18-9-5-7-16(18)13-31(21)22-19(12-28)20(24(25,26)27)11-15(2)29-22/h4,6,8,10-11,16,18,21H,5,7,9,13H2,1-3H3/t16?,18?,21-/m0/s1. The zero-order chi connectivity index (χ0) is 23.2. The lowest BCUT2D eigenvalue weighted by molar-refractivity contribution is -0.137. The van der Waals surface area contributed by atoms with Crippen LogP contribution < -0.4 is 9.80 Å². The summed E-state index contributed by atoms with van der Waals surface area (Å²) in [6, 6.07) is 9.50. The van der Waals surface area contributed by atoms with E-state index in [4.69, 9.17) is 0 Å². The number of likely N-dealkylation sites (N-methyl/N-ethyl adjacent to an activating group) is 1. The minimum absolute atomic E-state index is 0.0259. The molecule has 1 aromatic carbocycles. The highest BCUT2D eigenvalue weighted by molar-refractivity contribution is 5.99. The van der Waals surface area contributed by atoms with Gasteiger partial charge in [-0.05, 0) is 62.3 Å². The molecule has 2 aliphatic rings. The molecular formula is C24H25F3N4O. The topological polar surface area (TPSA) is 60.2 Å². The van der Waals surface area contributed by atoms with Crippen LogP contribution in [0.3, 0.4) is 0 Å². The van der Waals surface area contributed by atoms with Crippen molar-refractivity contribution < 1.29 is 18.0 Å². The van der Waals surface area contributed by atoms with Gasteiger partial charge in [0.15, 0.2) is 0 Å². The van der Waals surface area contributed by atoms with Gasteiger partial charge in [-0.15, -0.1) is 0 Å². The van der Waals surface area contributed by atoms with Crippen molar-refractivity contribution >= 4 is 17.4 Å². The van der Waals surface area contributed by atoms with Gasteiger partial charge in [-0.25, -0.2) is 4.98 Å². The molecule has 168 valence electrons. The SMILES string of the molecule is Cc1cccc(N(C)C(=O)[C@@H]2C3CCCC3CN2c2nc(C)cc(C(F)(F)F)c2C#N)c1. The van der Waals surface area contributed by atoms with E-state index in [0.717, 1.165) is 36.6 Å². The molecule has 5 nitrogen and oxygen atoms in total. The maximum Gasteiger partial charge on any atom is 0.417 e. The Bertz CT molecular complexity index is 1090. The molecule has 0 spiro atoms. The molecule has 0 bridgehead atoms. The van der Waals surface area contributed by atoms with Crippen LogP contribution in [-0.2, 0) is 11.0 Å². The average Bonchev–Trinajstić information content (AvgIpc) is 3.32. The summed E-state index contributed by atoms with van der Waals surface area (Å²) in [5.74, 6) is -0.00743.